The monoisotopic (exact) mass is 265 g/mol. The van der Waals surface area contributed by atoms with Gasteiger partial charge in [0.1, 0.15) is 18.0 Å². The van der Waals surface area contributed by atoms with Crippen molar-refractivity contribution in [3.63, 3.8) is 0 Å². The SMILES string of the molecule is CC(C)c1c(N)ncnc1NC(CN(C)C)C(C)C. The molecule has 19 heavy (non-hydrogen) atoms. The van der Waals surface area contributed by atoms with Crippen LogP contribution in [0.15, 0.2) is 6.33 Å². The van der Waals surface area contributed by atoms with Gasteiger partial charge in [0.25, 0.3) is 0 Å². The van der Waals surface area contributed by atoms with Gasteiger partial charge in [-0.15, -0.1) is 0 Å². The van der Waals surface area contributed by atoms with E-state index in [1.807, 2.05) is 0 Å². The Kier molecular flexibility index (Phi) is 5.54. The maximum Gasteiger partial charge on any atom is 0.135 e. The van der Waals surface area contributed by atoms with E-state index in [1.165, 1.54) is 6.33 Å². The number of nitrogens with two attached hydrogens (primary N) is 1. The van der Waals surface area contributed by atoms with Gasteiger partial charge in [-0.25, -0.2) is 9.97 Å². The summed E-state index contributed by atoms with van der Waals surface area (Å²) in [6.45, 7) is 9.59. The number of likely N-dealkylation sites (N-methyl/N-ethyl adjacent to an activating group) is 1. The summed E-state index contributed by atoms with van der Waals surface area (Å²) in [5.74, 6) is 2.25. The summed E-state index contributed by atoms with van der Waals surface area (Å²) >= 11 is 0. The standard InChI is InChI=1S/C14H27N5/c1-9(2)11(7-19(5)6)18-14-12(10(3)4)13(15)16-8-17-14/h8-11H,7H2,1-6H3,(H3,15,16,17,18). The summed E-state index contributed by atoms with van der Waals surface area (Å²) in [7, 11) is 4.16. The summed E-state index contributed by atoms with van der Waals surface area (Å²) in [6, 6.07) is 0.335. The molecule has 108 valence electrons. The smallest absolute Gasteiger partial charge is 0.135 e. The molecule has 5 heteroatoms. The summed E-state index contributed by atoms with van der Waals surface area (Å²) in [5.41, 5.74) is 6.98. The van der Waals surface area contributed by atoms with Gasteiger partial charge in [-0.1, -0.05) is 27.7 Å². The maximum atomic E-state index is 5.97. The van der Waals surface area contributed by atoms with Crippen molar-refractivity contribution >= 4 is 11.6 Å². The van der Waals surface area contributed by atoms with Crippen LogP contribution < -0.4 is 11.1 Å². The zero-order valence-corrected chi connectivity index (χ0v) is 12.9. The molecule has 0 aromatic carbocycles. The lowest BCUT2D eigenvalue weighted by Gasteiger charge is -2.27. The van der Waals surface area contributed by atoms with E-state index in [1.54, 1.807) is 0 Å². The molecule has 1 atom stereocenters. The molecule has 1 aromatic rings. The molecule has 0 aliphatic carbocycles. The van der Waals surface area contributed by atoms with Crippen molar-refractivity contribution in [1.29, 1.82) is 0 Å². The Morgan fingerprint density at radius 3 is 2.32 bits per heavy atom. The fourth-order valence-corrected chi connectivity index (χ4v) is 2.09. The molecule has 0 aliphatic rings. The first kappa shape index (κ1) is 15.7. The predicted octanol–water partition coefficient (Wildman–Crippen LogP) is 2.18. The highest BCUT2D eigenvalue weighted by Crippen LogP contribution is 2.27. The Labute approximate surface area is 116 Å². The third kappa shape index (κ3) is 4.35. The van der Waals surface area contributed by atoms with Gasteiger partial charge in [-0.2, -0.15) is 0 Å². The predicted molar refractivity (Wildman–Crippen MR) is 81.3 cm³/mol. The quantitative estimate of drug-likeness (QED) is 0.825. The molecule has 0 spiro atoms. The minimum atomic E-state index is 0.302. The van der Waals surface area contributed by atoms with Gasteiger partial charge in [0.2, 0.25) is 0 Å². The second-order valence-corrected chi connectivity index (χ2v) is 5.93. The first-order valence-corrected chi connectivity index (χ1v) is 6.84. The van der Waals surface area contributed by atoms with Gasteiger partial charge in [0.15, 0.2) is 0 Å². The van der Waals surface area contributed by atoms with Crippen LogP contribution in [0.1, 0.15) is 39.2 Å². The van der Waals surface area contributed by atoms with Crippen molar-refractivity contribution < 1.29 is 0 Å². The Morgan fingerprint density at radius 1 is 1.21 bits per heavy atom. The molecule has 0 fully saturated rings. The third-order valence-electron chi connectivity index (χ3n) is 3.18. The molecule has 1 aromatic heterocycles. The van der Waals surface area contributed by atoms with Crippen LogP contribution >= 0.6 is 0 Å². The minimum absolute atomic E-state index is 0.302. The highest BCUT2D eigenvalue weighted by Gasteiger charge is 2.19. The molecular formula is C14H27N5. The molecule has 1 rings (SSSR count). The van der Waals surface area contributed by atoms with Gasteiger partial charge in [0, 0.05) is 18.2 Å². The molecule has 0 radical (unpaired) electrons. The van der Waals surface area contributed by atoms with E-state index in [-0.39, 0.29) is 0 Å². The molecule has 1 heterocycles. The summed E-state index contributed by atoms with van der Waals surface area (Å²) < 4.78 is 0. The third-order valence-corrected chi connectivity index (χ3v) is 3.18. The van der Waals surface area contributed by atoms with Crippen LogP contribution in [0.3, 0.4) is 0 Å². The lowest BCUT2D eigenvalue weighted by Crippen LogP contribution is -2.37. The second-order valence-electron chi connectivity index (χ2n) is 5.93. The Balaban J connectivity index is 2.99. The van der Waals surface area contributed by atoms with Crippen LogP contribution in [0.4, 0.5) is 11.6 Å². The Hall–Kier alpha value is -1.36. The minimum Gasteiger partial charge on any atom is -0.383 e. The molecule has 0 amide bonds. The van der Waals surface area contributed by atoms with Gasteiger partial charge in [-0.3, -0.25) is 0 Å². The number of rotatable bonds is 6. The van der Waals surface area contributed by atoms with Crippen LogP contribution in [0, 0.1) is 5.92 Å². The molecule has 5 nitrogen and oxygen atoms in total. The topological polar surface area (TPSA) is 67.1 Å². The summed E-state index contributed by atoms with van der Waals surface area (Å²) in [5, 5.41) is 3.53. The molecule has 0 saturated carbocycles. The zero-order valence-electron chi connectivity index (χ0n) is 12.9. The Morgan fingerprint density at radius 2 is 1.84 bits per heavy atom. The van der Waals surface area contributed by atoms with Crippen molar-refractivity contribution in [3.05, 3.63) is 11.9 Å². The fraction of sp³-hybridized carbons (Fsp3) is 0.714. The average molecular weight is 265 g/mol. The highest BCUT2D eigenvalue weighted by molar-refractivity contribution is 5.57. The van der Waals surface area contributed by atoms with E-state index in [0.29, 0.717) is 23.7 Å². The van der Waals surface area contributed by atoms with Crippen LogP contribution in [-0.2, 0) is 0 Å². The Bertz CT molecular complexity index is 401. The fourth-order valence-electron chi connectivity index (χ4n) is 2.09. The van der Waals surface area contributed by atoms with Crippen molar-refractivity contribution in [2.24, 2.45) is 5.92 Å². The maximum absolute atomic E-state index is 5.97. The molecule has 1 unspecified atom stereocenters. The molecule has 0 aliphatic heterocycles. The number of nitrogens with one attached hydrogen (secondary N) is 1. The first-order valence-electron chi connectivity index (χ1n) is 6.84. The van der Waals surface area contributed by atoms with Crippen molar-refractivity contribution in [2.45, 2.75) is 39.7 Å². The molecular weight excluding hydrogens is 238 g/mol. The number of hydrogen-bond donors (Lipinski definition) is 2. The van der Waals surface area contributed by atoms with E-state index in [9.17, 15) is 0 Å². The molecule has 0 saturated heterocycles. The zero-order chi connectivity index (χ0) is 14.6. The number of anilines is 2. The van der Waals surface area contributed by atoms with Crippen molar-refractivity contribution in [1.82, 2.24) is 14.9 Å². The van der Waals surface area contributed by atoms with Crippen LogP contribution in [0.5, 0.6) is 0 Å². The highest BCUT2D eigenvalue weighted by atomic mass is 15.1. The van der Waals surface area contributed by atoms with Crippen LogP contribution in [-0.4, -0.2) is 41.5 Å². The van der Waals surface area contributed by atoms with Gasteiger partial charge in [0.05, 0.1) is 0 Å². The van der Waals surface area contributed by atoms with Crippen molar-refractivity contribution in [2.75, 3.05) is 31.7 Å². The van der Waals surface area contributed by atoms with Crippen LogP contribution in [0.2, 0.25) is 0 Å². The van der Waals surface area contributed by atoms with E-state index >= 15 is 0 Å². The number of nitrogens with zero attached hydrogens (tertiary/aromatic N) is 3. The van der Waals surface area contributed by atoms with E-state index in [0.717, 1.165) is 17.9 Å². The summed E-state index contributed by atoms with van der Waals surface area (Å²) in [4.78, 5) is 10.6. The van der Waals surface area contributed by atoms with Gasteiger partial charge < -0.3 is 16.0 Å². The van der Waals surface area contributed by atoms with Gasteiger partial charge >= 0.3 is 0 Å². The second kappa shape index (κ2) is 6.70. The molecule has 3 N–H and O–H groups in total. The lowest BCUT2D eigenvalue weighted by atomic mass is 10.0. The largest absolute Gasteiger partial charge is 0.383 e. The van der Waals surface area contributed by atoms with E-state index < -0.39 is 0 Å². The summed E-state index contributed by atoms with van der Waals surface area (Å²) in [6.07, 6.45) is 1.52. The van der Waals surface area contributed by atoms with Crippen LogP contribution in [0.25, 0.3) is 0 Å². The van der Waals surface area contributed by atoms with E-state index in [4.69, 9.17) is 5.73 Å². The number of aromatic nitrogens is 2. The first-order chi connectivity index (χ1) is 8.82. The normalized spacial score (nSPS) is 13.3. The lowest BCUT2D eigenvalue weighted by molar-refractivity contribution is 0.344. The van der Waals surface area contributed by atoms with Gasteiger partial charge in [-0.05, 0) is 25.9 Å². The average Bonchev–Trinajstić information content (AvgIpc) is 2.26. The van der Waals surface area contributed by atoms with E-state index in [2.05, 4.69) is 62.0 Å². The number of hydrogen-bond acceptors (Lipinski definition) is 5. The van der Waals surface area contributed by atoms with Crippen molar-refractivity contribution in [3.8, 4) is 0 Å². The number of nitrogen functional groups attached to an aromatic ring is 1. The molecule has 0 bridgehead atoms.